The Kier molecular flexibility index (Phi) is 20.5. The first-order valence-corrected chi connectivity index (χ1v) is 9.13. The molecule has 0 heterocycles. The highest BCUT2D eigenvalue weighted by atomic mass is 35.5. The van der Waals surface area contributed by atoms with Crippen LogP contribution in [0.4, 0.5) is 5.69 Å². The molecule has 154 valence electrons. The number of aldehydes is 1. The second-order valence-corrected chi connectivity index (χ2v) is 5.51. The van der Waals surface area contributed by atoms with Crippen LogP contribution in [-0.2, 0) is 9.59 Å². The molecule has 1 aromatic carbocycles. The number of rotatable bonds is 9. The van der Waals surface area contributed by atoms with Gasteiger partial charge in [0.2, 0.25) is 6.41 Å². The van der Waals surface area contributed by atoms with Crippen LogP contribution in [0, 0.1) is 0 Å². The Morgan fingerprint density at radius 3 is 2.36 bits per heavy atom. The number of hydrogen-bond donors (Lipinski definition) is 2. The van der Waals surface area contributed by atoms with Crippen molar-refractivity contribution in [2.75, 3.05) is 19.1 Å². The number of halogens is 1. The van der Waals surface area contributed by atoms with E-state index in [2.05, 4.69) is 22.5 Å². The third kappa shape index (κ3) is 16.9. The normalized spacial score (nSPS) is 10.5. The molecule has 0 aliphatic heterocycles. The lowest BCUT2D eigenvalue weighted by molar-refractivity contribution is -0.108. The third-order valence-corrected chi connectivity index (χ3v) is 3.17. The van der Waals surface area contributed by atoms with E-state index in [1.54, 1.807) is 42.5 Å². The summed E-state index contributed by atoms with van der Waals surface area (Å²) in [4.78, 5) is 20.6. The number of carbonyl (C=O) groups is 2. The predicted molar refractivity (Wildman–Crippen MR) is 121 cm³/mol. The molecule has 0 saturated carbocycles. The van der Waals surface area contributed by atoms with Crippen LogP contribution in [-0.4, -0.2) is 32.5 Å². The molecule has 28 heavy (non-hydrogen) atoms. The van der Waals surface area contributed by atoms with Gasteiger partial charge < -0.3 is 4.79 Å². The maximum atomic E-state index is 10.8. The van der Waals surface area contributed by atoms with Crippen LogP contribution in [0.3, 0.4) is 0 Å². The fourth-order valence-corrected chi connectivity index (χ4v) is 1.56. The molecule has 0 bridgehead atoms. The number of hydrazine groups is 1. The number of hydrogen-bond acceptors (Lipinski definition) is 5. The lowest BCUT2D eigenvalue weighted by Gasteiger charge is -2.12. The highest BCUT2D eigenvalue weighted by molar-refractivity contribution is 6.30. The van der Waals surface area contributed by atoms with Gasteiger partial charge in [-0.15, -0.1) is 0 Å². The van der Waals surface area contributed by atoms with Gasteiger partial charge in [0.25, 0.3) is 0 Å². The summed E-state index contributed by atoms with van der Waals surface area (Å²) in [5.41, 5.74) is 6.92. The summed E-state index contributed by atoms with van der Waals surface area (Å²) in [7, 11) is 3.64. The van der Waals surface area contributed by atoms with Crippen LogP contribution >= 0.6 is 11.6 Å². The summed E-state index contributed by atoms with van der Waals surface area (Å²) in [5.74, 6) is 0. The second-order valence-electron chi connectivity index (χ2n) is 5.07. The third-order valence-electron chi connectivity index (χ3n) is 2.94. The van der Waals surface area contributed by atoms with Crippen molar-refractivity contribution in [2.45, 2.75) is 26.7 Å². The molecule has 0 saturated heterocycles. The Morgan fingerprint density at radius 2 is 1.89 bits per heavy atom. The smallest absolute Gasteiger partial charge is 0.234 e. The molecule has 0 aliphatic carbocycles. The minimum absolute atomic E-state index is 0.488. The quantitative estimate of drug-likeness (QED) is 0.277. The van der Waals surface area contributed by atoms with E-state index >= 15 is 0 Å². The van der Waals surface area contributed by atoms with E-state index in [0.717, 1.165) is 18.4 Å². The number of allylic oxidation sites excluding steroid dienone is 5. The van der Waals surface area contributed by atoms with Crippen molar-refractivity contribution in [2.24, 2.45) is 5.10 Å². The van der Waals surface area contributed by atoms with E-state index in [4.69, 9.17) is 11.6 Å². The van der Waals surface area contributed by atoms with Gasteiger partial charge in [-0.25, -0.2) is 5.01 Å². The molecule has 6 nitrogen and oxygen atoms in total. The molecule has 0 aromatic heterocycles. The molecule has 0 fully saturated rings. The van der Waals surface area contributed by atoms with Crippen molar-refractivity contribution in [3.63, 3.8) is 0 Å². The number of nitrogens with zero attached hydrogens (tertiary/aromatic N) is 2. The number of hydrazone groups is 1. The molecular formula is C21H31ClN4O2. The molecule has 0 aliphatic rings. The molecule has 0 spiro atoms. The van der Waals surface area contributed by atoms with E-state index in [1.807, 2.05) is 40.1 Å². The van der Waals surface area contributed by atoms with Gasteiger partial charge in [-0.1, -0.05) is 61.6 Å². The molecule has 0 unspecified atom stereocenters. The predicted octanol–water partition coefficient (Wildman–Crippen LogP) is 4.30. The summed E-state index contributed by atoms with van der Waals surface area (Å²) < 4.78 is 0. The van der Waals surface area contributed by atoms with Gasteiger partial charge in [-0.3, -0.25) is 15.6 Å². The van der Waals surface area contributed by atoms with E-state index < -0.39 is 0 Å². The Bertz CT molecular complexity index is 641. The zero-order valence-corrected chi connectivity index (χ0v) is 17.8. The van der Waals surface area contributed by atoms with E-state index in [0.29, 0.717) is 23.5 Å². The molecule has 1 rings (SSSR count). The van der Waals surface area contributed by atoms with E-state index in [9.17, 15) is 9.59 Å². The van der Waals surface area contributed by atoms with Crippen molar-refractivity contribution in [3.8, 4) is 0 Å². The largest absolute Gasteiger partial charge is 0.303 e. The number of benzene rings is 1. The molecule has 2 N–H and O–H groups in total. The summed E-state index contributed by atoms with van der Waals surface area (Å²) in [5, 5.41) is 6.02. The van der Waals surface area contributed by atoms with E-state index in [1.165, 1.54) is 5.01 Å². The highest BCUT2D eigenvalue weighted by Gasteiger charge is 2.03. The zero-order chi connectivity index (χ0) is 21.6. The van der Waals surface area contributed by atoms with Gasteiger partial charge in [-0.05, 0) is 45.6 Å². The van der Waals surface area contributed by atoms with Gasteiger partial charge in [-0.2, -0.15) is 5.10 Å². The number of nitrogens with one attached hydrogen (secondary N) is 2. The average Bonchev–Trinajstić information content (AvgIpc) is 2.72. The molecule has 1 amide bonds. The first-order valence-electron chi connectivity index (χ1n) is 8.76. The Hall–Kier alpha value is -2.54. The fourth-order valence-electron chi connectivity index (χ4n) is 1.37. The first kappa shape index (κ1) is 27.7. The topological polar surface area (TPSA) is 73.8 Å². The Balaban J connectivity index is 0. The lowest BCUT2D eigenvalue weighted by atomic mass is 10.3. The molecular weight excluding hydrogens is 376 g/mol. The average molecular weight is 407 g/mol. The monoisotopic (exact) mass is 406 g/mol. The summed E-state index contributed by atoms with van der Waals surface area (Å²) >= 11 is 5.83. The van der Waals surface area contributed by atoms with E-state index in [-0.39, 0.29) is 0 Å². The molecule has 0 radical (unpaired) electrons. The second kappa shape index (κ2) is 20.8. The van der Waals surface area contributed by atoms with Crippen LogP contribution in [0.5, 0.6) is 0 Å². The number of amides is 1. The minimum Gasteiger partial charge on any atom is -0.303 e. The first-order chi connectivity index (χ1) is 13.5. The van der Waals surface area contributed by atoms with Gasteiger partial charge in [0.05, 0.1) is 5.69 Å². The van der Waals surface area contributed by atoms with Crippen molar-refractivity contribution in [3.05, 3.63) is 66.2 Å². The standard InChI is InChI=1S/C11H13ClN2O.C8H10O.C2H8N2/c1-3-9(2)13-14(8-15)11-6-4-5-10(12)7-11;1-2-3-4-5-6-7-8-9;1-3-4-2/h4-8H,3H2,1-2H3;2-6,8H,1,7H2;3-4H,1-2H3/b13-9-;4-3-,6-5-;. The van der Waals surface area contributed by atoms with Gasteiger partial charge in [0, 0.05) is 17.2 Å². The Labute approximate surface area is 173 Å². The summed E-state index contributed by atoms with van der Waals surface area (Å²) in [6, 6.07) is 7.02. The van der Waals surface area contributed by atoms with Crippen LogP contribution < -0.4 is 15.9 Å². The van der Waals surface area contributed by atoms with Gasteiger partial charge >= 0.3 is 0 Å². The molecule has 0 atom stereocenters. The van der Waals surface area contributed by atoms with Crippen molar-refractivity contribution < 1.29 is 9.59 Å². The van der Waals surface area contributed by atoms with Crippen molar-refractivity contribution >= 4 is 35.7 Å². The van der Waals surface area contributed by atoms with Crippen LogP contribution in [0.25, 0.3) is 0 Å². The SMILES string of the molecule is C=C/C=C\C=C/CC=O.CC/C(C)=N\N(C=O)c1cccc(Cl)c1.CNNC. The Morgan fingerprint density at radius 1 is 1.21 bits per heavy atom. The van der Waals surface area contributed by atoms with Crippen molar-refractivity contribution in [1.82, 2.24) is 10.9 Å². The minimum atomic E-state index is 0.488. The maximum Gasteiger partial charge on any atom is 0.234 e. The maximum absolute atomic E-state index is 10.8. The van der Waals surface area contributed by atoms with Crippen LogP contribution in [0.1, 0.15) is 26.7 Å². The van der Waals surface area contributed by atoms with Gasteiger partial charge in [0.15, 0.2) is 0 Å². The molecule has 7 heteroatoms. The van der Waals surface area contributed by atoms with Crippen LogP contribution in [0.15, 0.2) is 66.3 Å². The fraction of sp³-hybridized carbons (Fsp3) is 0.286. The zero-order valence-electron chi connectivity index (χ0n) is 17.1. The lowest BCUT2D eigenvalue weighted by Crippen LogP contribution is -2.21. The highest BCUT2D eigenvalue weighted by Crippen LogP contribution is 2.18. The summed E-state index contributed by atoms with van der Waals surface area (Å²) in [6.07, 6.45) is 11.8. The van der Waals surface area contributed by atoms with Gasteiger partial charge in [0.1, 0.15) is 6.29 Å². The van der Waals surface area contributed by atoms with Crippen LogP contribution in [0.2, 0.25) is 5.02 Å². The summed E-state index contributed by atoms with van der Waals surface area (Å²) in [6.45, 7) is 7.35. The van der Waals surface area contributed by atoms with Crippen molar-refractivity contribution in [1.29, 1.82) is 0 Å². The number of anilines is 1. The molecule has 1 aromatic rings. The number of carbonyl (C=O) groups excluding carboxylic acids is 2.